The second-order valence-corrected chi connectivity index (χ2v) is 16.6. The van der Waals surface area contributed by atoms with Crippen molar-refractivity contribution in [1.82, 2.24) is 40.4 Å². The smallest absolute Gasteiger partial charge is 1.00 e. The predicted octanol–water partition coefficient (Wildman–Crippen LogP) is -0.215. The fourth-order valence-corrected chi connectivity index (χ4v) is 7.06. The Morgan fingerprint density at radius 1 is 0.831 bits per heavy atom. The van der Waals surface area contributed by atoms with Crippen molar-refractivity contribution in [2.75, 3.05) is 52.1 Å². The second-order valence-electron chi connectivity index (χ2n) is 14.6. The molecule has 1 unspecified atom stereocenters. The van der Waals surface area contributed by atoms with E-state index < -0.39 is 37.4 Å². The molecule has 0 aliphatic carbocycles. The SMILES string of the molecule is CC1CCCO1.CCNC(=O)N1CCC(=NO)CC1.CCNC(=O)N1CCC(=NOc2nc3oc(=O)cc(CC)c3c(=O)[nH]2)CC1.CCc1cc(=O)oc2nc(S(C)(=O)=O)[nH]c(=O)c12.[H-].[Na+]. The zero-order valence-electron chi connectivity index (χ0n) is 38.8. The van der Waals surface area contributed by atoms with E-state index in [4.69, 9.17) is 23.6 Å². The van der Waals surface area contributed by atoms with E-state index in [1.54, 1.807) is 16.7 Å². The van der Waals surface area contributed by atoms with Crippen LogP contribution in [0.4, 0.5) is 9.59 Å². The molecule has 23 nitrogen and oxygen atoms in total. The quantitative estimate of drug-likeness (QED) is 0.0693. The van der Waals surface area contributed by atoms with Crippen LogP contribution in [0.2, 0.25) is 0 Å². The Bertz CT molecular complexity index is 2660. The van der Waals surface area contributed by atoms with Crippen LogP contribution in [0.5, 0.6) is 6.01 Å². The topological polar surface area (TPSA) is 314 Å². The molecule has 0 aromatic carbocycles. The summed E-state index contributed by atoms with van der Waals surface area (Å²) in [7, 11) is -3.68. The summed E-state index contributed by atoms with van der Waals surface area (Å²) in [6.45, 7) is 14.0. The van der Waals surface area contributed by atoms with Gasteiger partial charge in [-0.25, -0.2) is 27.6 Å². The standard InChI is InChI=1S/C17H21N5O5.C10H10N2O5S.C8H15N3O2.C5H10O.Na.H/c1-3-10-9-12(23)26-15-13(10)14(24)19-16(20-15)27-21-11-5-7-22(8-6-11)17(25)18-4-2;1-3-5-4-6(13)17-9-7(5)8(14)11-10(12-9)18(2,15)16;1-2-9-8(12)11-5-3-7(10-13)4-6-11;1-5-3-2-4-6-5;;/h9H,3-8H2,1-2H3,(H,18,25)(H,19,20,24);4H,3H2,1-2H3,(H,11,12,14);13H,2-6H2,1H3,(H,9,12);5H,2-4H2,1H3;;/q;;;;+1;-1. The number of fused-ring (bicyclic) bond motifs is 2. The number of piperidine rings is 2. The molecule has 5 N–H and O–H groups in total. The predicted molar refractivity (Wildman–Crippen MR) is 236 cm³/mol. The van der Waals surface area contributed by atoms with Gasteiger partial charge in [-0.15, -0.1) is 0 Å². The third-order valence-electron chi connectivity index (χ3n) is 9.93. The Balaban J connectivity index is 0.000000332. The van der Waals surface area contributed by atoms with Gasteiger partial charge in [-0.1, -0.05) is 24.2 Å². The maximum atomic E-state index is 12.3. The summed E-state index contributed by atoms with van der Waals surface area (Å²) >= 11 is 0. The Morgan fingerprint density at radius 2 is 1.31 bits per heavy atom. The molecule has 4 aromatic heterocycles. The van der Waals surface area contributed by atoms with Gasteiger partial charge in [0.2, 0.25) is 26.4 Å². The number of hydrogen-bond donors (Lipinski definition) is 5. The molecule has 0 spiro atoms. The minimum absolute atomic E-state index is 0. The molecule has 3 saturated heterocycles. The Hall–Kier alpha value is -5.43. The molecule has 25 heteroatoms. The van der Waals surface area contributed by atoms with Crippen LogP contribution in [0.3, 0.4) is 0 Å². The van der Waals surface area contributed by atoms with Crippen molar-refractivity contribution in [3.05, 3.63) is 64.8 Å². The molecule has 7 heterocycles. The molecule has 4 amide bonds. The number of carbonyl (C=O) groups excluding carboxylic acids is 2. The molecule has 7 rings (SSSR count). The van der Waals surface area contributed by atoms with E-state index in [1.807, 2.05) is 20.8 Å². The average molecular weight is 941 g/mol. The Morgan fingerprint density at radius 3 is 1.71 bits per heavy atom. The van der Waals surface area contributed by atoms with Gasteiger partial charge in [0.1, 0.15) is 10.8 Å². The van der Waals surface area contributed by atoms with Crippen LogP contribution in [0.15, 0.2) is 55.6 Å². The summed E-state index contributed by atoms with van der Waals surface area (Å²) in [6.07, 6.45) is 7.38. The van der Waals surface area contributed by atoms with E-state index in [9.17, 15) is 37.2 Å². The van der Waals surface area contributed by atoms with Gasteiger partial charge in [-0.2, -0.15) is 9.97 Å². The van der Waals surface area contributed by atoms with Crippen molar-refractivity contribution < 1.29 is 72.6 Å². The fraction of sp³-hybridized carbons (Fsp3) is 0.550. The van der Waals surface area contributed by atoms with Crippen LogP contribution < -0.4 is 67.4 Å². The number of likely N-dealkylation sites (tertiary alicyclic amines) is 2. The number of aryl methyl sites for hydroxylation is 2. The van der Waals surface area contributed by atoms with Gasteiger partial charge in [0.15, 0.2) is 0 Å². The fourth-order valence-electron chi connectivity index (χ4n) is 6.53. The van der Waals surface area contributed by atoms with Crippen molar-refractivity contribution in [2.45, 2.75) is 97.2 Å². The van der Waals surface area contributed by atoms with E-state index in [1.165, 1.54) is 25.0 Å². The minimum atomic E-state index is -3.68. The molecule has 0 bridgehead atoms. The first kappa shape index (κ1) is 53.9. The number of H-pyrrole nitrogens is 2. The number of nitrogens with zero attached hydrogens (tertiary/aromatic N) is 6. The monoisotopic (exact) mass is 940 g/mol. The Labute approximate surface area is 397 Å². The number of aromatic nitrogens is 4. The van der Waals surface area contributed by atoms with Crippen molar-refractivity contribution in [3.63, 3.8) is 0 Å². The van der Waals surface area contributed by atoms with Crippen molar-refractivity contribution >= 4 is 55.5 Å². The Kier molecular flexibility index (Phi) is 21.5. The van der Waals surface area contributed by atoms with Crippen LogP contribution in [0.1, 0.15) is 85.7 Å². The van der Waals surface area contributed by atoms with E-state index >= 15 is 0 Å². The van der Waals surface area contributed by atoms with Gasteiger partial charge in [-0.3, -0.25) is 19.6 Å². The van der Waals surface area contributed by atoms with Gasteiger partial charge < -0.3 is 45.5 Å². The molecule has 3 fully saturated rings. The zero-order chi connectivity index (χ0) is 47.0. The first-order valence-corrected chi connectivity index (χ1v) is 22.8. The molecule has 4 aromatic rings. The summed E-state index contributed by atoms with van der Waals surface area (Å²) in [5.74, 6) is 0. The zero-order valence-corrected chi connectivity index (χ0v) is 40.6. The van der Waals surface area contributed by atoms with Crippen LogP contribution in [0, 0.1) is 0 Å². The van der Waals surface area contributed by atoms with E-state index in [2.05, 4.69) is 47.8 Å². The molecule has 3 aliphatic heterocycles. The van der Waals surface area contributed by atoms with E-state index in [0.29, 0.717) is 95.0 Å². The van der Waals surface area contributed by atoms with Crippen molar-refractivity contribution in [2.24, 2.45) is 10.3 Å². The van der Waals surface area contributed by atoms with Gasteiger partial charge in [0, 0.05) is 89.9 Å². The van der Waals surface area contributed by atoms with Crippen LogP contribution in [0.25, 0.3) is 22.2 Å². The normalized spacial score (nSPS) is 15.8. The number of sulfone groups is 1. The van der Waals surface area contributed by atoms with Crippen LogP contribution in [-0.2, 0) is 27.4 Å². The number of aromatic amines is 2. The molecule has 3 aliphatic rings. The van der Waals surface area contributed by atoms with Crippen LogP contribution in [-0.4, -0.2) is 125 Å². The molecular weight excluding hydrogens is 884 g/mol. The average Bonchev–Trinajstić information content (AvgIpc) is 3.76. The largest absolute Gasteiger partial charge is 1.00 e. The maximum absolute atomic E-state index is 12.3. The van der Waals surface area contributed by atoms with E-state index in [0.717, 1.165) is 24.3 Å². The molecule has 65 heavy (non-hydrogen) atoms. The van der Waals surface area contributed by atoms with Crippen molar-refractivity contribution in [1.29, 1.82) is 0 Å². The number of rotatable bonds is 7. The number of carbonyl (C=O) groups is 2. The molecular formula is C40H57N10NaO13S. The number of oxime groups is 2. The summed E-state index contributed by atoms with van der Waals surface area (Å²) in [5, 5.41) is 20.9. The van der Waals surface area contributed by atoms with Crippen molar-refractivity contribution in [3.8, 4) is 6.01 Å². The molecule has 1 atom stereocenters. The van der Waals surface area contributed by atoms with Gasteiger partial charge >= 0.3 is 58.9 Å². The van der Waals surface area contributed by atoms with E-state index in [-0.39, 0.29) is 71.3 Å². The number of urea groups is 2. The second kappa shape index (κ2) is 25.9. The number of amides is 4. The van der Waals surface area contributed by atoms with Crippen LogP contribution >= 0.6 is 0 Å². The van der Waals surface area contributed by atoms with Gasteiger partial charge in [0.25, 0.3) is 11.1 Å². The molecule has 0 saturated carbocycles. The number of ether oxygens (including phenoxy) is 1. The third kappa shape index (κ3) is 15.9. The van der Waals surface area contributed by atoms with Gasteiger partial charge in [0.05, 0.1) is 17.5 Å². The third-order valence-corrected chi connectivity index (χ3v) is 10.8. The summed E-state index contributed by atoms with van der Waals surface area (Å²) in [4.78, 5) is 91.1. The number of hydrogen-bond acceptors (Lipinski definition) is 17. The summed E-state index contributed by atoms with van der Waals surface area (Å²) in [6, 6.07) is 2.20. The molecule has 352 valence electrons. The van der Waals surface area contributed by atoms with Gasteiger partial charge in [-0.05, 0) is 57.6 Å². The first-order chi connectivity index (χ1) is 30.5. The number of nitrogens with one attached hydrogen (secondary N) is 4. The molecule has 0 radical (unpaired) electrons. The summed E-state index contributed by atoms with van der Waals surface area (Å²) in [5.41, 5.74) is -0.122. The minimum Gasteiger partial charge on any atom is -1.00 e. The maximum Gasteiger partial charge on any atom is 1.00 e. The first-order valence-electron chi connectivity index (χ1n) is 20.9. The summed E-state index contributed by atoms with van der Waals surface area (Å²) < 4.78 is 37.6.